The molecule has 138 valence electrons. The summed E-state index contributed by atoms with van der Waals surface area (Å²) in [7, 11) is 0. The number of hydrogen-bond acceptors (Lipinski definition) is 5. The maximum absolute atomic E-state index is 12.5. The minimum atomic E-state index is -0.572. The van der Waals surface area contributed by atoms with Crippen LogP contribution in [0.15, 0.2) is 77.2 Å². The van der Waals surface area contributed by atoms with E-state index in [-0.39, 0.29) is 11.5 Å². The molecule has 0 atom stereocenters. The number of hydrogen-bond donors (Lipinski definition) is 2. The van der Waals surface area contributed by atoms with E-state index in [1.54, 1.807) is 60.8 Å². The molecule has 0 aliphatic heterocycles. The first-order valence-corrected chi connectivity index (χ1v) is 9.22. The van der Waals surface area contributed by atoms with Crippen LogP contribution in [0.3, 0.4) is 0 Å². The second-order valence-corrected chi connectivity index (χ2v) is 6.82. The predicted molar refractivity (Wildman–Crippen MR) is 108 cm³/mol. The van der Waals surface area contributed by atoms with Gasteiger partial charge in [-0.1, -0.05) is 18.2 Å². The molecule has 1 aromatic carbocycles. The second kappa shape index (κ2) is 7.45. The van der Waals surface area contributed by atoms with Crippen LogP contribution < -0.4 is 16.2 Å². The summed E-state index contributed by atoms with van der Waals surface area (Å²) in [6, 6.07) is 15.4. The number of amides is 2. The van der Waals surface area contributed by atoms with E-state index in [4.69, 9.17) is 0 Å². The van der Waals surface area contributed by atoms with E-state index in [9.17, 15) is 14.4 Å². The van der Waals surface area contributed by atoms with E-state index in [0.29, 0.717) is 21.9 Å². The molecule has 8 heteroatoms. The van der Waals surface area contributed by atoms with Gasteiger partial charge in [0.1, 0.15) is 11.2 Å². The monoisotopic (exact) mass is 390 g/mol. The van der Waals surface area contributed by atoms with Gasteiger partial charge in [0.2, 0.25) is 0 Å². The Morgan fingerprint density at radius 3 is 2.46 bits per heavy atom. The molecule has 0 aliphatic rings. The zero-order valence-electron chi connectivity index (χ0n) is 14.5. The van der Waals surface area contributed by atoms with Crippen molar-refractivity contribution < 1.29 is 9.59 Å². The number of rotatable bonds is 4. The summed E-state index contributed by atoms with van der Waals surface area (Å²) in [5, 5.41) is 7.27. The number of fused-ring (bicyclic) bond motifs is 1. The van der Waals surface area contributed by atoms with Crippen LogP contribution >= 0.6 is 11.3 Å². The molecule has 3 heterocycles. The third kappa shape index (κ3) is 3.53. The molecular formula is C20H14N4O3S. The van der Waals surface area contributed by atoms with Gasteiger partial charge in [-0.15, -0.1) is 11.3 Å². The van der Waals surface area contributed by atoms with Crippen LogP contribution in [-0.2, 0) is 0 Å². The van der Waals surface area contributed by atoms with Crippen molar-refractivity contribution in [3.05, 3.63) is 93.2 Å². The largest absolute Gasteiger partial charge is 0.322 e. The third-order valence-electron chi connectivity index (χ3n) is 3.98. The Hall–Kier alpha value is -3.78. The van der Waals surface area contributed by atoms with Crippen molar-refractivity contribution in [2.75, 3.05) is 10.6 Å². The number of aromatic nitrogens is 2. The summed E-state index contributed by atoms with van der Waals surface area (Å²) < 4.78 is 1.31. The first-order chi connectivity index (χ1) is 13.6. The van der Waals surface area contributed by atoms with E-state index in [1.807, 2.05) is 5.38 Å². The molecule has 3 aromatic heterocycles. The highest BCUT2D eigenvalue weighted by atomic mass is 32.1. The highest BCUT2D eigenvalue weighted by Gasteiger charge is 2.14. The summed E-state index contributed by atoms with van der Waals surface area (Å²) in [6.07, 6.45) is 2.82. The van der Waals surface area contributed by atoms with Crippen LogP contribution in [0.1, 0.15) is 20.0 Å². The summed E-state index contributed by atoms with van der Waals surface area (Å²) >= 11 is 1.34. The van der Waals surface area contributed by atoms with Gasteiger partial charge >= 0.3 is 0 Å². The van der Waals surface area contributed by atoms with Gasteiger partial charge in [-0.2, -0.15) is 0 Å². The van der Waals surface area contributed by atoms with Gasteiger partial charge in [0, 0.05) is 23.8 Å². The van der Waals surface area contributed by atoms with Gasteiger partial charge in [0.15, 0.2) is 0 Å². The molecule has 0 radical (unpaired) electrons. The molecule has 0 saturated heterocycles. The van der Waals surface area contributed by atoms with Gasteiger partial charge in [0.25, 0.3) is 17.4 Å². The molecule has 4 aromatic rings. The first-order valence-electron chi connectivity index (χ1n) is 8.34. The van der Waals surface area contributed by atoms with E-state index in [2.05, 4.69) is 15.6 Å². The van der Waals surface area contributed by atoms with Crippen LogP contribution in [-0.4, -0.2) is 21.2 Å². The number of carbonyl (C=O) groups excluding carboxylic acids is 2. The molecule has 2 N–H and O–H groups in total. The summed E-state index contributed by atoms with van der Waals surface area (Å²) in [5.41, 5.74) is 0.917. The average molecular weight is 390 g/mol. The first kappa shape index (κ1) is 17.6. The third-order valence-corrected chi connectivity index (χ3v) is 4.85. The quantitative estimate of drug-likeness (QED) is 0.559. The Morgan fingerprint density at radius 1 is 0.929 bits per heavy atom. The fourth-order valence-electron chi connectivity index (χ4n) is 2.66. The Morgan fingerprint density at radius 2 is 1.71 bits per heavy atom. The number of carbonyl (C=O) groups is 2. The molecule has 4 rings (SSSR count). The van der Waals surface area contributed by atoms with Crippen LogP contribution in [0.5, 0.6) is 0 Å². The van der Waals surface area contributed by atoms with Gasteiger partial charge in [0.05, 0.1) is 4.88 Å². The van der Waals surface area contributed by atoms with E-state index < -0.39 is 11.5 Å². The molecular weight excluding hydrogens is 376 g/mol. The smallest absolute Gasteiger partial charge is 0.270 e. The zero-order valence-corrected chi connectivity index (χ0v) is 15.3. The lowest BCUT2D eigenvalue weighted by atomic mass is 10.2. The Balaban J connectivity index is 1.55. The van der Waals surface area contributed by atoms with Crippen molar-refractivity contribution in [1.82, 2.24) is 9.38 Å². The van der Waals surface area contributed by atoms with Crippen molar-refractivity contribution >= 4 is 40.2 Å². The lowest BCUT2D eigenvalue weighted by molar-refractivity contribution is 0.102. The highest BCUT2D eigenvalue weighted by molar-refractivity contribution is 7.12. The Labute approximate surface area is 163 Å². The number of pyridine rings is 1. The van der Waals surface area contributed by atoms with Crippen molar-refractivity contribution in [2.24, 2.45) is 0 Å². The van der Waals surface area contributed by atoms with Crippen molar-refractivity contribution in [3.63, 3.8) is 0 Å². The zero-order chi connectivity index (χ0) is 19.5. The summed E-state index contributed by atoms with van der Waals surface area (Å²) in [6.45, 7) is 0. The summed E-state index contributed by atoms with van der Waals surface area (Å²) in [4.78, 5) is 41.9. The molecule has 0 aliphatic carbocycles. The SMILES string of the molecule is O=C(Nc1cccc(NC(=O)c2cnc3ccccn3c2=O)c1)c1cccs1. The lowest BCUT2D eigenvalue weighted by Crippen LogP contribution is -2.26. The van der Waals surface area contributed by atoms with Gasteiger partial charge in [-0.3, -0.25) is 18.8 Å². The van der Waals surface area contributed by atoms with Crippen LogP contribution in [0.2, 0.25) is 0 Å². The lowest BCUT2D eigenvalue weighted by Gasteiger charge is -2.09. The normalized spacial score (nSPS) is 10.6. The van der Waals surface area contributed by atoms with Crippen molar-refractivity contribution in [3.8, 4) is 0 Å². The van der Waals surface area contributed by atoms with Crippen molar-refractivity contribution in [2.45, 2.75) is 0 Å². The molecule has 0 unspecified atom stereocenters. The molecule has 2 amide bonds. The average Bonchev–Trinajstić information content (AvgIpc) is 3.24. The highest BCUT2D eigenvalue weighted by Crippen LogP contribution is 2.18. The predicted octanol–water partition coefficient (Wildman–Crippen LogP) is 3.26. The van der Waals surface area contributed by atoms with E-state index >= 15 is 0 Å². The number of nitrogens with zero attached hydrogens (tertiary/aromatic N) is 2. The van der Waals surface area contributed by atoms with Crippen LogP contribution in [0.4, 0.5) is 11.4 Å². The molecule has 0 bridgehead atoms. The van der Waals surface area contributed by atoms with Crippen LogP contribution in [0.25, 0.3) is 5.65 Å². The topological polar surface area (TPSA) is 92.6 Å². The molecule has 0 fully saturated rings. The van der Waals surface area contributed by atoms with Crippen molar-refractivity contribution in [1.29, 1.82) is 0 Å². The minimum absolute atomic E-state index is 0.0725. The second-order valence-electron chi connectivity index (χ2n) is 5.87. The molecule has 0 spiro atoms. The molecule has 0 saturated carbocycles. The van der Waals surface area contributed by atoms with Crippen LogP contribution in [0, 0.1) is 0 Å². The van der Waals surface area contributed by atoms with Gasteiger partial charge in [-0.25, -0.2) is 4.98 Å². The fraction of sp³-hybridized carbons (Fsp3) is 0. The molecule has 7 nitrogen and oxygen atoms in total. The number of nitrogens with one attached hydrogen (secondary N) is 2. The van der Waals surface area contributed by atoms with E-state index in [1.165, 1.54) is 21.9 Å². The standard InChI is InChI=1S/C20H14N4O3S/c25-18(15-12-21-17-8-1-2-9-24(17)20(15)27)22-13-5-3-6-14(11-13)23-19(26)16-7-4-10-28-16/h1-12H,(H,22,25)(H,23,26). The number of benzene rings is 1. The molecule has 28 heavy (non-hydrogen) atoms. The maximum Gasteiger partial charge on any atom is 0.270 e. The number of anilines is 2. The van der Waals surface area contributed by atoms with Gasteiger partial charge in [-0.05, 0) is 41.8 Å². The Kier molecular flexibility index (Phi) is 4.69. The fourth-order valence-corrected chi connectivity index (χ4v) is 3.27. The Bertz CT molecular complexity index is 1230. The summed E-state index contributed by atoms with van der Waals surface area (Å²) in [5.74, 6) is -0.798. The van der Waals surface area contributed by atoms with E-state index in [0.717, 1.165) is 0 Å². The van der Waals surface area contributed by atoms with Gasteiger partial charge < -0.3 is 10.6 Å². The maximum atomic E-state index is 12.5. The number of thiophene rings is 1. The minimum Gasteiger partial charge on any atom is -0.322 e.